The van der Waals surface area contributed by atoms with Crippen molar-refractivity contribution in [2.45, 2.75) is 26.2 Å². The third-order valence-corrected chi connectivity index (χ3v) is 4.18. The lowest BCUT2D eigenvalue weighted by molar-refractivity contribution is -0.136. The molecule has 0 amide bonds. The van der Waals surface area contributed by atoms with Crippen molar-refractivity contribution in [1.29, 1.82) is 0 Å². The van der Waals surface area contributed by atoms with E-state index in [0.29, 0.717) is 30.4 Å². The number of carbonyl (C=O) groups is 1. The number of hydrogen-bond acceptors (Lipinski definition) is 7. The summed E-state index contributed by atoms with van der Waals surface area (Å²) in [6.45, 7) is 3.01. The van der Waals surface area contributed by atoms with Gasteiger partial charge in [0.15, 0.2) is 0 Å². The predicted molar refractivity (Wildman–Crippen MR) is 79.2 cm³/mol. The van der Waals surface area contributed by atoms with Crippen LogP contribution in [-0.4, -0.2) is 33.3 Å². The summed E-state index contributed by atoms with van der Waals surface area (Å²) in [6.07, 6.45) is 0. The molecule has 1 aromatic heterocycles. The van der Waals surface area contributed by atoms with Crippen molar-refractivity contribution in [3.05, 3.63) is 46.2 Å². The highest BCUT2D eigenvalue weighted by molar-refractivity contribution is 5.92. The number of fused-ring (bicyclic) bond motifs is 2. The normalized spacial score (nSPS) is 19.1. The molecule has 0 aliphatic carbocycles. The average Bonchev–Trinajstić information content (AvgIpc) is 3.20. The van der Waals surface area contributed by atoms with Gasteiger partial charge in [0.05, 0.1) is 25.9 Å². The lowest BCUT2D eigenvalue weighted by atomic mass is 9.93. The highest BCUT2D eigenvalue weighted by Crippen LogP contribution is 2.36. The molecule has 23 heavy (non-hydrogen) atoms. The Labute approximate surface area is 132 Å². The maximum Gasteiger partial charge on any atom is 0.338 e. The Morgan fingerprint density at radius 3 is 3.04 bits per heavy atom. The van der Waals surface area contributed by atoms with E-state index >= 15 is 0 Å². The van der Waals surface area contributed by atoms with Gasteiger partial charge in [0.1, 0.15) is 6.04 Å². The fourth-order valence-electron chi connectivity index (χ4n) is 3.06. The van der Waals surface area contributed by atoms with Crippen LogP contribution in [0.1, 0.15) is 29.7 Å². The van der Waals surface area contributed by atoms with E-state index in [1.807, 2.05) is 25.1 Å². The minimum Gasteiger partial charge on any atom is -0.466 e. The molecule has 1 aromatic carbocycles. The number of hydrogen-bond donors (Lipinski definition) is 1. The number of rotatable bonds is 2. The van der Waals surface area contributed by atoms with Crippen LogP contribution in [0.4, 0.5) is 5.95 Å². The molecule has 1 N–H and O–H groups in total. The van der Waals surface area contributed by atoms with E-state index in [1.54, 1.807) is 4.68 Å². The second kappa shape index (κ2) is 5.17. The van der Waals surface area contributed by atoms with E-state index in [4.69, 9.17) is 9.47 Å². The Balaban J connectivity index is 1.88. The van der Waals surface area contributed by atoms with Crippen molar-refractivity contribution in [3.8, 4) is 0 Å². The molecule has 0 spiro atoms. The number of anilines is 1. The molecular weight excluding hydrogens is 298 g/mol. The molecule has 0 fully saturated rings. The molecule has 0 saturated heterocycles. The van der Waals surface area contributed by atoms with Gasteiger partial charge < -0.3 is 14.8 Å². The number of benzene rings is 1. The van der Waals surface area contributed by atoms with Gasteiger partial charge in [-0.25, -0.2) is 4.79 Å². The first-order chi connectivity index (χ1) is 11.2. The van der Waals surface area contributed by atoms with Crippen molar-refractivity contribution < 1.29 is 14.3 Å². The molecule has 1 atom stereocenters. The van der Waals surface area contributed by atoms with Crippen LogP contribution >= 0.6 is 0 Å². The maximum absolute atomic E-state index is 12.3. The van der Waals surface area contributed by atoms with Gasteiger partial charge in [0, 0.05) is 5.70 Å². The summed E-state index contributed by atoms with van der Waals surface area (Å²) < 4.78 is 12.0. The van der Waals surface area contributed by atoms with Crippen LogP contribution in [0, 0.1) is 0 Å². The number of tetrazole rings is 1. The second-order valence-corrected chi connectivity index (χ2v) is 5.53. The number of allylic oxidation sites excluding steroid dienone is 1. The average molecular weight is 313 g/mol. The largest absolute Gasteiger partial charge is 0.466 e. The lowest BCUT2D eigenvalue weighted by Crippen LogP contribution is -2.29. The zero-order valence-electron chi connectivity index (χ0n) is 12.7. The van der Waals surface area contributed by atoms with Crippen LogP contribution in [0.15, 0.2) is 29.5 Å². The number of nitrogens with zero attached hydrogens (tertiary/aromatic N) is 4. The van der Waals surface area contributed by atoms with Crippen molar-refractivity contribution in [2.24, 2.45) is 0 Å². The molecule has 0 radical (unpaired) electrons. The molecule has 2 aliphatic heterocycles. The van der Waals surface area contributed by atoms with Gasteiger partial charge in [-0.3, -0.25) is 0 Å². The van der Waals surface area contributed by atoms with E-state index in [0.717, 1.165) is 11.1 Å². The first-order valence-electron chi connectivity index (χ1n) is 7.22. The summed E-state index contributed by atoms with van der Waals surface area (Å²) in [7, 11) is 1.37. The molecule has 4 rings (SSSR count). The number of methoxy groups -OCH3 is 1. The Morgan fingerprint density at radius 1 is 1.39 bits per heavy atom. The number of nitrogens with one attached hydrogen (secondary N) is 1. The third kappa shape index (κ3) is 2.10. The lowest BCUT2D eigenvalue weighted by Gasteiger charge is -2.27. The maximum atomic E-state index is 12.3. The first-order valence-corrected chi connectivity index (χ1v) is 7.22. The quantitative estimate of drug-likeness (QED) is 0.832. The third-order valence-electron chi connectivity index (χ3n) is 4.18. The van der Waals surface area contributed by atoms with Crippen molar-refractivity contribution in [2.75, 3.05) is 12.4 Å². The van der Waals surface area contributed by atoms with Crippen LogP contribution in [-0.2, 0) is 27.5 Å². The monoisotopic (exact) mass is 313 g/mol. The van der Waals surface area contributed by atoms with E-state index in [9.17, 15) is 4.79 Å². The highest BCUT2D eigenvalue weighted by atomic mass is 16.5. The van der Waals surface area contributed by atoms with Gasteiger partial charge in [-0.1, -0.05) is 23.3 Å². The molecule has 2 aliphatic rings. The smallest absolute Gasteiger partial charge is 0.338 e. The summed E-state index contributed by atoms with van der Waals surface area (Å²) in [6, 6.07) is 5.61. The summed E-state index contributed by atoms with van der Waals surface area (Å²) in [5.41, 5.74) is 4.38. The zero-order chi connectivity index (χ0) is 16.0. The van der Waals surface area contributed by atoms with E-state index in [1.165, 1.54) is 12.7 Å². The number of aromatic nitrogens is 4. The van der Waals surface area contributed by atoms with Gasteiger partial charge in [-0.2, -0.15) is 4.68 Å². The standard InChI is InChI=1S/C15H15N5O3/c1-8-12(14(21)22-2)13(20-15(16-8)17-18-19-20)9-3-4-10-6-23-7-11(10)5-9/h3-5,13H,6-7H2,1-2H3,(H,16,17,19). The molecule has 0 saturated carbocycles. The Hall–Kier alpha value is -2.74. The van der Waals surface area contributed by atoms with Gasteiger partial charge in [0.25, 0.3) is 0 Å². The van der Waals surface area contributed by atoms with Crippen LogP contribution in [0.5, 0.6) is 0 Å². The number of ether oxygens (including phenoxy) is 2. The van der Waals surface area contributed by atoms with Gasteiger partial charge >= 0.3 is 5.97 Å². The van der Waals surface area contributed by atoms with Gasteiger partial charge in [-0.05, 0) is 34.0 Å². The zero-order valence-corrected chi connectivity index (χ0v) is 12.7. The van der Waals surface area contributed by atoms with Gasteiger partial charge in [-0.15, -0.1) is 0 Å². The number of carbonyl (C=O) groups excluding carboxylic acids is 1. The topological polar surface area (TPSA) is 91.2 Å². The Morgan fingerprint density at radius 2 is 2.22 bits per heavy atom. The van der Waals surface area contributed by atoms with Crippen LogP contribution in [0.2, 0.25) is 0 Å². The molecule has 0 bridgehead atoms. The first kappa shape index (κ1) is 13.9. The molecular formula is C15H15N5O3. The van der Waals surface area contributed by atoms with Crippen molar-refractivity contribution >= 4 is 11.9 Å². The second-order valence-electron chi connectivity index (χ2n) is 5.53. The Kier molecular flexibility index (Phi) is 3.12. The minimum absolute atomic E-state index is 0.405. The molecule has 2 aromatic rings. The molecule has 118 valence electrons. The fourth-order valence-corrected chi connectivity index (χ4v) is 3.06. The van der Waals surface area contributed by atoms with Crippen molar-refractivity contribution in [3.63, 3.8) is 0 Å². The van der Waals surface area contributed by atoms with E-state index < -0.39 is 12.0 Å². The van der Waals surface area contributed by atoms with Crippen LogP contribution in [0.25, 0.3) is 0 Å². The molecule has 3 heterocycles. The molecule has 1 unspecified atom stereocenters. The van der Waals surface area contributed by atoms with Crippen molar-refractivity contribution in [1.82, 2.24) is 20.2 Å². The van der Waals surface area contributed by atoms with Gasteiger partial charge in [0.2, 0.25) is 5.95 Å². The van der Waals surface area contributed by atoms with E-state index in [2.05, 4.69) is 20.8 Å². The highest BCUT2D eigenvalue weighted by Gasteiger charge is 2.35. The summed E-state index contributed by atoms with van der Waals surface area (Å²) in [5, 5.41) is 14.7. The fraction of sp³-hybridized carbons (Fsp3) is 0.333. The summed E-state index contributed by atoms with van der Waals surface area (Å²) >= 11 is 0. The molecule has 8 nitrogen and oxygen atoms in total. The summed E-state index contributed by atoms with van der Waals surface area (Å²) in [5.74, 6) is 0.0924. The summed E-state index contributed by atoms with van der Waals surface area (Å²) in [4.78, 5) is 12.3. The van der Waals surface area contributed by atoms with Crippen LogP contribution < -0.4 is 5.32 Å². The van der Waals surface area contributed by atoms with Crippen LogP contribution in [0.3, 0.4) is 0 Å². The SMILES string of the molecule is COC(=O)C1=C(C)Nc2nnnn2C1c1ccc2c(c1)COC2. The number of esters is 1. The Bertz CT molecular complexity index is 826. The van der Waals surface area contributed by atoms with E-state index in [-0.39, 0.29) is 0 Å². The predicted octanol–water partition coefficient (Wildman–Crippen LogP) is 1.17. The minimum atomic E-state index is -0.431. The molecule has 8 heteroatoms.